The van der Waals surface area contributed by atoms with Crippen molar-refractivity contribution in [1.82, 2.24) is 9.80 Å². The third-order valence-electron chi connectivity index (χ3n) is 4.07. The molecule has 0 atom stereocenters. The van der Waals surface area contributed by atoms with Gasteiger partial charge < -0.3 is 0 Å². The van der Waals surface area contributed by atoms with E-state index in [9.17, 15) is 9.59 Å². The molecule has 24 heavy (non-hydrogen) atoms. The summed E-state index contributed by atoms with van der Waals surface area (Å²) in [6.07, 6.45) is 0. The highest BCUT2D eigenvalue weighted by atomic mass is 16.2. The minimum atomic E-state index is -0.516. The second-order valence-corrected chi connectivity index (χ2v) is 6.45. The summed E-state index contributed by atoms with van der Waals surface area (Å²) in [5, 5.41) is 2.06. The highest BCUT2D eigenvalue weighted by Crippen LogP contribution is 2.28. The van der Waals surface area contributed by atoms with E-state index in [2.05, 4.69) is 0 Å². The molecular formula is C19H21N3O2. The molecular weight excluding hydrogens is 302 g/mol. The van der Waals surface area contributed by atoms with Crippen LogP contribution in [-0.2, 0) is 9.59 Å². The number of guanidine groups is 1. The van der Waals surface area contributed by atoms with Gasteiger partial charge in [0.25, 0.3) is 0 Å². The van der Waals surface area contributed by atoms with Crippen molar-refractivity contribution in [3.8, 4) is 0 Å². The molecule has 5 heteroatoms. The smallest absolute Gasteiger partial charge is 0.271 e. The van der Waals surface area contributed by atoms with Crippen LogP contribution in [0.25, 0.3) is 10.8 Å². The summed E-state index contributed by atoms with van der Waals surface area (Å²) in [7, 11) is 0. The second-order valence-electron chi connectivity index (χ2n) is 6.45. The summed E-state index contributed by atoms with van der Waals surface area (Å²) >= 11 is 0. The number of fused-ring (bicyclic) bond motifs is 1. The summed E-state index contributed by atoms with van der Waals surface area (Å²) < 4.78 is 0. The Bertz CT molecular complexity index is 806. The standard InChI is InChI=1S/C19H21N3O2/c1-12(2)21-17(23)18(24)22(13(3)4)19(21)20-16-11-7-9-14-8-5-6-10-15(14)16/h5-13H,1-4H3. The first kappa shape index (κ1) is 16.2. The lowest BCUT2D eigenvalue weighted by atomic mass is 10.1. The Morgan fingerprint density at radius 1 is 0.792 bits per heavy atom. The number of nitrogens with zero attached hydrogens (tertiary/aromatic N) is 3. The van der Waals surface area contributed by atoms with Gasteiger partial charge >= 0.3 is 11.8 Å². The van der Waals surface area contributed by atoms with E-state index in [1.54, 1.807) is 0 Å². The van der Waals surface area contributed by atoms with Gasteiger partial charge in [-0.15, -0.1) is 0 Å². The van der Waals surface area contributed by atoms with Gasteiger partial charge in [-0.3, -0.25) is 19.4 Å². The SMILES string of the molecule is CC(C)N1C(=O)C(=O)N(C(C)C)C1=Nc1cccc2ccccc12. The van der Waals surface area contributed by atoms with E-state index in [0.29, 0.717) is 5.96 Å². The Labute approximate surface area is 141 Å². The van der Waals surface area contributed by atoms with Gasteiger partial charge in [-0.2, -0.15) is 0 Å². The molecule has 2 amide bonds. The molecule has 0 saturated carbocycles. The van der Waals surface area contributed by atoms with Gasteiger partial charge in [0.05, 0.1) is 5.69 Å². The lowest BCUT2D eigenvalue weighted by Gasteiger charge is -2.25. The summed E-state index contributed by atoms with van der Waals surface area (Å²) in [6, 6.07) is 13.5. The number of amides is 2. The maximum atomic E-state index is 12.4. The molecule has 2 aromatic rings. The van der Waals surface area contributed by atoms with E-state index >= 15 is 0 Å². The lowest BCUT2D eigenvalue weighted by molar-refractivity contribution is -0.144. The van der Waals surface area contributed by atoms with E-state index in [1.807, 2.05) is 70.2 Å². The average Bonchev–Trinajstić information content (AvgIpc) is 2.79. The quantitative estimate of drug-likeness (QED) is 0.814. The molecule has 1 heterocycles. The first-order valence-electron chi connectivity index (χ1n) is 8.15. The van der Waals surface area contributed by atoms with Crippen molar-refractivity contribution < 1.29 is 9.59 Å². The molecule has 0 bridgehead atoms. The molecule has 0 N–H and O–H groups in total. The maximum Gasteiger partial charge on any atom is 0.319 e. The molecule has 1 aliphatic heterocycles. The van der Waals surface area contributed by atoms with Crippen LogP contribution in [-0.4, -0.2) is 39.7 Å². The highest BCUT2D eigenvalue weighted by molar-refractivity contribution is 6.45. The van der Waals surface area contributed by atoms with Crippen molar-refractivity contribution in [1.29, 1.82) is 0 Å². The van der Waals surface area contributed by atoms with Crippen LogP contribution in [0.2, 0.25) is 0 Å². The molecule has 0 aromatic heterocycles. The molecule has 1 aliphatic rings. The summed E-state index contributed by atoms with van der Waals surface area (Å²) in [6.45, 7) is 7.53. The molecule has 0 radical (unpaired) electrons. The normalized spacial score (nSPS) is 15.3. The molecule has 0 aliphatic carbocycles. The Morgan fingerprint density at radius 3 is 1.92 bits per heavy atom. The number of carbonyl (C=O) groups excluding carboxylic acids is 2. The van der Waals surface area contributed by atoms with E-state index in [0.717, 1.165) is 16.5 Å². The van der Waals surface area contributed by atoms with Crippen LogP contribution >= 0.6 is 0 Å². The van der Waals surface area contributed by atoms with Crippen LogP contribution < -0.4 is 0 Å². The minimum absolute atomic E-state index is 0.140. The molecule has 1 saturated heterocycles. The number of carbonyl (C=O) groups is 2. The van der Waals surface area contributed by atoms with Crippen molar-refractivity contribution in [2.45, 2.75) is 39.8 Å². The maximum absolute atomic E-state index is 12.4. The summed E-state index contributed by atoms with van der Waals surface area (Å²) in [5.74, 6) is -0.623. The molecule has 0 spiro atoms. The summed E-state index contributed by atoms with van der Waals surface area (Å²) in [4.78, 5) is 32.4. The fourth-order valence-corrected chi connectivity index (χ4v) is 2.96. The van der Waals surface area contributed by atoms with Gasteiger partial charge in [-0.05, 0) is 39.1 Å². The molecule has 124 valence electrons. The first-order chi connectivity index (χ1) is 11.4. The number of hydrogen-bond donors (Lipinski definition) is 0. The average molecular weight is 323 g/mol. The molecule has 1 fully saturated rings. The monoisotopic (exact) mass is 323 g/mol. The third-order valence-corrected chi connectivity index (χ3v) is 4.07. The second kappa shape index (κ2) is 6.07. The lowest BCUT2D eigenvalue weighted by Crippen LogP contribution is -2.41. The number of rotatable bonds is 3. The van der Waals surface area contributed by atoms with Crippen molar-refractivity contribution in [3.05, 3.63) is 42.5 Å². The number of benzene rings is 2. The van der Waals surface area contributed by atoms with Crippen LogP contribution in [0.4, 0.5) is 5.69 Å². The Hall–Kier alpha value is -2.69. The number of hydrogen-bond acceptors (Lipinski definition) is 3. The Balaban J connectivity index is 2.20. The van der Waals surface area contributed by atoms with Crippen LogP contribution in [0.1, 0.15) is 27.7 Å². The van der Waals surface area contributed by atoms with E-state index in [4.69, 9.17) is 4.99 Å². The fourth-order valence-electron chi connectivity index (χ4n) is 2.96. The predicted octanol–water partition coefficient (Wildman–Crippen LogP) is 3.31. The Kier molecular flexibility index (Phi) is 4.09. The molecule has 3 rings (SSSR count). The highest BCUT2D eigenvalue weighted by Gasteiger charge is 2.45. The largest absolute Gasteiger partial charge is 0.319 e. The van der Waals surface area contributed by atoms with E-state index in [-0.39, 0.29) is 12.1 Å². The first-order valence-corrected chi connectivity index (χ1v) is 8.15. The van der Waals surface area contributed by atoms with Crippen molar-refractivity contribution in [2.24, 2.45) is 4.99 Å². The van der Waals surface area contributed by atoms with Crippen LogP contribution in [0, 0.1) is 0 Å². The Morgan fingerprint density at radius 2 is 1.33 bits per heavy atom. The van der Waals surface area contributed by atoms with E-state index in [1.165, 1.54) is 9.80 Å². The molecule has 5 nitrogen and oxygen atoms in total. The fraction of sp³-hybridized carbons (Fsp3) is 0.316. The zero-order valence-corrected chi connectivity index (χ0v) is 14.4. The van der Waals surface area contributed by atoms with Crippen molar-refractivity contribution >= 4 is 34.2 Å². The van der Waals surface area contributed by atoms with Gasteiger partial charge in [0.15, 0.2) is 0 Å². The van der Waals surface area contributed by atoms with Crippen LogP contribution in [0.3, 0.4) is 0 Å². The third kappa shape index (κ3) is 2.56. The predicted molar refractivity (Wildman–Crippen MR) is 95.0 cm³/mol. The zero-order chi connectivity index (χ0) is 17.4. The number of aliphatic imine (C=N–C) groups is 1. The van der Waals surface area contributed by atoms with Gasteiger partial charge in [-0.25, -0.2) is 4.99 Å². The van der Waals surface area contributed by atoms with Crippen molar-refractivity contribution in [3.63, 3.8) is 0 Å². The van der Waals surface area contributed by atoms with Gasteiger partial charge in [0.2, 0.25) is 5.96 Å². The van der Waals surface area contributed by atoms with Gasteiger partial charge in [0, 0.05) is 17.5 Å². The van der Waals surface area contributed by atoms with Gasteiger partial charge in [-0.1, -0.05) is 36.4 Å². The molecule has 2 aromatic carbocycles. The minimum Gasteiger partial charge on any atom is -0.271 e. The molecule has 0 unspecified atom stereocenters. The zero-order valence-electron chi connectivity index (χ0n) is 14.4. The van der Waals surface area contributed by atoms with E-state index < -0.39 is 11.8 Å². The summed E-state index contributed by atoms with van der Waals surface area (Å²) in [5.41, 5.74) is 0.752. The topological polar surface area (TPSA) is 53.0 Å². The van der Waals surface area contributed by atoms with Crippen molar-refractivity contribution in [2.75, 3.05) is 0 Å². The van der Waals surface area contributed by atoms with Crippen LogP contribution in [0.15, 0.2) is 47.5 Å². The van der Waals surface area contributed by atoms with Gasteiger partial charge in [0.1, 0.15) is 0 Å². The van der Waals surface area contributed by atoms with Crippen LogP contribution in [0.5, 0.6) is 0 Å².